The maximum Gasteiger partial charge on any atom is 0.255 e. The highest BCUT2D eigenvalue weighted by molar-refractivity contribution is 7.13. The number of thiazole rings is 1. The van der Waals surface area contributed by atoms with Gasteiger partial charge in [0, 0.05) is 36.5 Å². The zero-order valence-electron chi connectivity index (χ0n) is 15.4. The molecule has 2 aliphatic heterocycles. The summed E-state index contributed by atoms with van der Waals surface area (Å²) in [6.07, 6.45) is 0.611. The van der Waals surface area contributed by atoms with Gasteiger partial charge in [0.2, 0.25) is 11.8 Å². The van der Waals surface area contributed by atoms with Gasteiger partial charge in [0.1, 0.15) is 6.04 Å². The zero-order chi connectivity index (χ0) is 19.8. The molecule has 0 spiro atoms. The van der Waals surface area contributed by atoms with Gasteiger partial charge in [-0.05, 0) is 24.5 Å². The summed E-state index contributed by atoms with van der Waals surface area (Å²) in [6, 6.07) is 5.14. The number of nitrogen functional groups attached to an aromatic ring is 1. The number of fused-ring (bicyclic) bond motifs is 1. The molecular formula is C19H21N5O3S. The van der Waals surface area contributed by atoms with Crippen LogP contribution in [0.5, 0.6) is 0 Å². The fourth-order valence-corrected chi connectivity index (χ4v) is 4.36. The molecule has 1 fully saturated rings. The van der Waals surface area contributed by atoms with Crippen LogP contribution in [0.15, 0.2) is 23.6 Å². The van der Waals surface area contributed by atoms with Crippen molar-refractivity contribution < 1.29 is 14.4 Å². The van der Waals surface area contributed by atoms with Crippen LogP contribution < -0.4 is 16.4 Å². The van der Waals surface area contributed by atoms with Crippen molar-refractivity contribution in [1.29, 1.82) is 0 Å². The van der Waals surface area contributed by atoms with Crippen LogP contribution in [0.4, 0.5) is 5.13 Å². The Hall–Kier alpha value is -2.78. The van der Waals surface area contributed by atoms with Crippen LogP contribution in [0.1, 0.15) is 53.0 Å². The zero-order valence-corrected chi connectivity index (χ0v) is 16.2. The van der Waals surface area contributed by atoms with E-state index in [4.69, 9.17) is 5.73 Å². The molecule has 0 saturated carbocycles. The standard InChI is InChI=1S/C19H21N5O3S/c1-10(13-9-28-19(20)22-13)21-7-11-3-2-4-12-8-24(18(27)16(11)12)14-5-6-15(25)23-17(14)26/h2-4,9-10,14,21H,5-8H2,1H3,(H2,20,22)(H,23,25,26). The Morgan fingerprint density at radius 1 is 1.39 bits per heavy atom. The summed E-state index contributed by atoms with van der Waals surface area (Å²) in [5.74, 6) is -0.841. The van der Waals surface area contributed by atoms with Crippen molar-refractivity contribution >= 4 is 34.2 Å². The van der Waals surface area contributed by atoms with E-state index in [0.717, 1.165) is 16.8 Å². The van der Waals surface area contributed by atoms with Crippen LogP contribution in [-0.2, 0) is 22.7 Å². The first kappa shape index (κ1) is 18.6. The van der Waals surface area contributed by atoms with Gasteiger partial charge in [0.05, 0.1) is 5.69 Å². The lowest BCUT2D eigenvalue weighted by molar-refractivity contribution is -0.136. The van der Waals surface area contributed by atoms with E-state index < -0.39 is 11.9 Å². The molecule has 2 aliphatic rings. The van der Waals surface area contributed by atoms with E-state index in [0.29, 0.717) is 30.2 Å². The van der Waals surface area contributed by atoms with Crippen molar-refractivity contribution in [3.8, 4) is 0 Å². The molecule has 1 saturated heterocycles. The molecule has 2 unspecified atom stereocenters. The molecule has 1 aromatic carbocycles. The number of carbonyl (C=O) groups is 3. The maximum absolute atomic E-state index is 13.1. The van der Waals surface area contributed by atoms with E-state index in [9.17, 15) is 14.4 Å². The Labute approximate surface area is 166 Å². The minimum absolute atomic E-state index is 0.00727. The first-order chi connectivity index (χ1) is 13.4. The number of imide groups is 1. The number of hydrogen-bond donors (Lipinski definition) is 3. The number of benzene rings is 1. The minimum Gasteiger partial charge on any atom is -0.375 e. The van der Waals surface area contributed by atoms with Crippen LogP contribution in [0, 0.1) is 0 Å². The summed E-state index contributed by atoms with van der Waals surface area (Å²) < 4.78 is 0. The number of nitrogens with one attached hydrogen (secondary N) is 2. The van der Waals surface area contributed by atoms with E-state index in [2.05, 4.69) is 15.6 Å². The number of amides is 3. The van der Waals surface area contributed by atoms with Gasteiger partial charge in [-0.25, -0.2) is 4.98 Å². The molecule has 28 heavy (non-hydrogen) atoms. The maximum atomic E-state index is 13.1. The van der Waals surface area contributed by atoms with Crippen LogP contribution in [0.3, 0.4) is 0 Å². The van der Waals surface area contributed by atoms with Crippen molar-refractivity contribution in [2.45, 2.75) is 44.9 Å². The number of aromatic nitrogens is 1. The van der Waals surface area contributed by atoms with Crippen LogP contribution in [-0.4, -0.2) is 33.6 Å². The molecule has 2 atom stereocenters. The number of carbonyl (C=O) groups excluding carboxylic acids is 3. The summed E-state index contributed by atoms with van der Waals surface area (Å²) in [7, 11) is 0. The van der Waals surface area contributed by atoms with Gasteiger partial charge < -0.3 is 16.0 Å². The van der Waals surface area contributed by atoms with Crippen molar-refractivity contribution in [3.63, 3.8) is 0 Å². The van der Waals surface area contributed by atoms with Gasteiger partial charge in [-0.3, -0.25) is 19.7 Å². The Morgan fingerprint density at radius 2 is 2.21 bits per heavy atom. The molecule has 8 nitrogen and oxygen atoms in total. The molecule has 4 N–H and O–H groups in total. The fraction of sp³-hybridized carbons (Fsp3) is 0.368. The van der Waals surface area contributed by atoms with Crippen LogP contribution in [0.25, 0.3) is 0 Å². The molecule has 2 aromatic rings. The third kappa shape index (κ3) is 3.38. The summed E-state index contributed by atoms with van der Waals surface area (Å²) in [5, 5.41) is 8.15. The van der Waals surface area contributed by atoms with Gasteiger partial charge in [-0.1, -0.05) is 18.2 Å². The molecule has 4 rings (SSSR count). The second kappa shape index (κ2) is 7.33. The summed E-state index contributed by atoms with van der Waals surface area (Å²) in [4.78, 5) is 42.5. The average molecular weight is 399 g/mol. The van der Waals surface area contributed by atoms with Crippen molar-refractivity contribution in [2.75, 3.05) is 5.73 Å². The highest BCUT2D eigenvalue weighted by Crippen LogP contribution is 2.30. The number of piperidine rings is 1. The predicted octanol–water partition coefficient (Wildman–Crippen LogP) is 1.34. The lowest BCUT2D eigenvalue weighted by atomic mass is 10.0. The van der Waals surface area contributed by atoms with Crippen molar-refractivity contribution in [3.05, 3.63) is 46.0 Å². The van der Waals surface area contributed by atoms with E-state index in [-0.39, 0.29) is 24.3 Å². The molecule has 3 amide bonds. The molecular weight excluding hydrogens is 378 g/mol. The van der Waals surface area contributed by atoms with Gasteiger partial charge in [-0.2, -0.15) is 0 Å². The van der Waals surface area contributed by atoms with E-state index in [1.165, 1.54) is 11.3 Å². The Balaban J connectivity index is 1.50. The van der Waals surface area contributed by atoms with Gasteiger partial charge >= 0.3 is 0 Å². The molecule has 0 radical (unpaired) electrons. The topological polar surface area (TPSA) is 117 Å². The first-order valence-corrected chi connectivity index (χ1v) is 10.0. The molecule has 0 bridgehead atoms. The molecule has 9 heteroatoms. The third-order valence-corrected chi connectivity index (χ3v) is 5.91. The molecule has 0 aliphatic carbocycles. The normalized spacial score (nSPS) is 20.2. The second-order valence-electron chi connectivity index (χ2n) is 7.06. The monoisotopic (exact) mass is 399 g/mol. The lowest BCUT2D eigenvalue weighted by Crippen LogP contribution is -2.52. The first-order valence-electron chi connectivity index (χ1n) is 9.13. The smallest absolute Gasteiger partial charge is 0.255 e. The van der Waals surface area contributed by atoms with Crippen molar-refractivity contribution in [1.82, 2.24) is 20.5 Å². The predicted molar refractivity (Wildman–Crippen MR) is 104 cm³/mol. The van der Waals surface area contributed by atoms with E-state index in [1.54, 1.807) is 4.90 Å². The summed E-state index contributed by atoms with van der Waals surface area (Å²) in [5.41, 5.74) is 8.99. The second-order valence-corrected chi connectivity index (χ2v) is 7.95. The number of rotatable bonds is 5. The quantitative estimate of drug-likeness (QED) is 0.653. The Bertz CT molecular complexity index is 957. The summed E-state index contributed by atoms with van der Waals surface area (Å²) >= 11 is 1.40. The largest absolute Gasteiger partial charge is 0.375 e. The molecule has 1 aromatic heterocycles. The number of nitrogens with two attached hydrogens (primary N) is 1. The third-order valence-electron chi connectivity index (χ3n) is 5.22. The highest BCUT2D eigenvalue weighted by atomic mass is 32.1. The number of hydrogen-bond acceptors (Lipinski definition) is 7. The fourth-order valence-electron chi connectivity index (χ4n) is 3.70. The van der Waals surface area contributed by atoms with Gasteiger partial charge in [0.15, 0.2) is 5.13 Å². The van der Waals surface area contributed by atoms with Gasteiger partial charge in [0.25, 0.3) is 5.91 Å². The van der Waals surface area contributed by atoms with Crippen LogP contribution >= 0.6 is 11.3 Å². The van der Waals surface area contributed by atoms with Gasteiger partial charge in [-0.15, -0.1) is 11.3 Å². The Kier molecular flexibility index (Phi) is 4.86. The van der Waals surface area contributed by atoms with E-state index >= 15 is 0 Å². The highest BCUT2D eigenvalue weighted by Gasteiger charge is 2.39. The molecule has 3 heterocycles. The SMILES string of the molecule is CC(NCc1cccc2c1C(=O)N(C1CCC(=O)NC1=O)C2)c1csc(N)n1. The molecule has 146 valence electrons. The van der Waals surface area contributed by atoms with Crippen LogP contribution in [0.2, 0.25) is 0 Å². The number of anilines is 1. The number of nitrogens with zero attached hydrogens (tertiary/aromatic N) is 2. The van der Waals surface area contributed by atoms with E-state index in [1.807, 2.05) is 30.5 Å². The Morgan fingerprint density at radius 3 is 2.93 bits per heavy atom. The minimum atomic E-state index is -0.602. The lowest BCUT2D eigenvalue weighted by Gasteiger charge is -2.29. The average Bonchev–Trinajstić information content (AvgIpc) is 3.24. The van der Waals surface area contributed by atoms with Crippen molar-refractivity contribution in [2.24, 2.45) is 0 Å². The summed E-state index contributed by atoms with van der Waals surface area (Å²) in [6.45, 7) is 2.87.